The van der Waals surface area contributed by atoms with Gasteiger partial charge in [0.1, 0.15) is 5.82 Å². The van der Waals surface area contributed by atoms with Crippen molar-refractivity contribution in [2.75, 3.05) is 11.5 Å². The molecule has 0 radical (unpaired) electrons. The maximum atomic E-state index is 14.0. The SMILES string of the molecule is Cc1ccsc1CN(C(=O)c1ccccc1F)C1CCS(=O)(=O)C1. The number of aryl methyl sites for hydroxylation is 1. The molecule has 0 bridgehead atoms. The van der Waals surface area contributed by atoms with Crippen LogP contribution in [-0.4, -0.2) is 36.8 Å². The molecule has 0 aliphatic carbocycles. The Kier molecular flexibility index (Phi) is 4.73. The molecule has 3 rings (SSSR count). The van der Waals surface area contributed by atoms with Crippen molar-refractivity contribution < 1.29 is 17.6 Å². The third kappa shape index (κ3) is 3.52. The largest absolute Gasteiger partial charge is 0.329 e. The van der Waals surface area contributed by atoms with Crippen molar-refractivity contribution in [1.29, 1.82) is 0 Å². The lowest BCUT2D eigenvalue weighted by Gasteiger charge is -2.28. The molecule has 1 amide bonds. The summed E-state index contributed by atoms with van der Waals surface area (Å²) in [6, 6.07) is 7.36. The van der Waals surface area contributed by atoms with Crippen LogP contribution < -0.4 is 0 Å². The van der Waals surface area contributed by atoms with Crippen LogP contribution in [0.5, 0.6) is 0 Å². The summed E-state index contributed by atoms with van der Waals surface area (Å²) < 4.78 is 37.7. The third-order valence-corrected chi connectivity index (χ3v) is 7.05. The van der Waals surface area contributed by atoms with Gasteiger partial charge in [-0.25, -0.2) is 12.8 Å². The highest BCUT2D eigenvalue weighted by Crippen LogP contribution is 2.26. The number of hydrogen-bond donors (Lipinski definition) is 0. The highest BCUT2D eigenvalue weighted by atomic mass is 32.2. The standard InChI is InChI=1S/C17H18FNO3S2/c1-12-6-8-23-16(12)10-19(13-7-9-24(21,22)11-13)17(20)14-4-2-3-5-15(14)18/h2-6,8,13H,7,9-11H2,1H3. The molecule has 1 aliphatic heterocycles. The molecule has 0 N–H and O–H groups in total. The fourth-order valence-corrected chi connectivity index (χ4v) is 5.53. The molecule has 0 spiro atoms. The molecule has 1 aromatic heterocycles. The molecule has 1 atom stereocenters. The predicted octanol–water partition coefficient (Wildman–Crippen LogP) is 3.03. The van der Waals surface area contributed by atoms with Gasteiger partial charge in [-0.3, -0.25) is 4.79 Å². The Labute approximate surface area is 144 Å². The summed E-state index contributed by atoms with van der Waals surface area (Å²) in [7, 11) is -3.14. The lowest BCUT2D eigenvalue weighted by atomic mass is 10.1. The van der Waals surface area contributed by atoms with Crippen LogP contribution in [0.25, 0.3) is 0 Å². The van der Waals surface area contributed by atoms with Gasteiger partial charge in [-0.05, 0) is 42.5 Å². The van der Waals surface area contributed by atoms with Crippen molar-refractivity contribution in [2.45, 2.75) is 25.9 Å². The average molecular weight is 367 g/mol. The van der Waals surface area contributed by atoms with Gasteiger partial charge < -0.3 is 4.90 Å². The van der Waals surface area contributed by atoms with Crippen LogP contribution in [0.15, 0.2) is 35.7 Å². The first-order chi connectivity index (χ1) is 11.4. The van der Waals surface area contributed by atoms with E-state index in [0.29, 0.717) is 13.0 Å². The number of amides is 1. The van der Waals surface area contributed by atoms with E-state index in [9.17, 15) is 17.6 Å². The molecule has 0 saturated carbocycles. The Morgan fingerprint density at radius 3 is 2.67 bits per heavy atom. The van der Waals surface area contributed by atoms with E-state index in [1.54, 1.807) is 6.07 Å². The lowest BCUT2D eigenvalue weighted by molar-refractivity contribution is 0.0678. The summed E-state index contributed by atoms with van der Waals surface area (Å²) >= 11 is 1.52. The summed E-state index contributed by atoms with van der Waals surface area (Å²) in [5, 5.41) is 1.93. The molecular weight excluding hydrogens is 349 g/mol. The molecule has 1 unspecified atom stereocenters. The Bertz CT molecular complexity index is 860. The Balaban J connectivity index is 1.94. The van der Waals surface area contributed by atoms with Crippen molar-refractivity contribution >= 4 is 27.1 Å². The van der Waals surface area contributed by atoms with Gasteiger partial charge in [-0.15, -0.1) is 11.3 Å². The van der Waals surface area contributed by atoms with Crippen molar-refractivity contribution in [3.05, 3.63) is 57.5 Å². The molecule has 1 saturated heterocycles. The summed E-state index contributed by atoms with van der Waals surface area (Å²) in [5.74, 6) is -1.03. The molecule has 2 heterocycles. The number of rotatable bonds is 4. The van der Waals surface area contributed by atoms with Gasteiger partial charge in [0.15, 0.2) is 9.84 Å². The number of sulfone groups is 1. The van der Waals surface area contributed by atoms with E-state index in [2.05, 4.69) is 0 Å². The fraction of sp³-hybridized carbons (Fsp3) is 0.353. The molecule has 7 heteroatoms. The zero-order chi connectivity index (χ0) is 17.3. The minimum atomic E-state index is -3.14. The van der Waals surface area contributed by atoms with E-state index in [-0.39, 0.29) is 17.1 Å². The number of carbonyl (C=O) groups excluding carboxylic acids is 1. The Morgan fingerprint density at radius 2 is 2.08 bits per heavy atom. The molecule has 1 fully saturated rings. The minimum Gasteiger partial charge on any atom is -0.329 e. The number of carbonyl (C=O) groups is 1. The monoisotopic (exact) mass is 367 g/mol. The van der Waals surface area contributed by atoms with Crippen LogP contribution in [0.3, 0.4) is 0 Å². The average Bonchev–Trinajstić information content (AvgIpc) is 3.10. The quantitative estimate of drug-likeness (QED) is 0.835. The van der Waals surface area contributed by atoms with Crippen molar-refractivity contribution in [2.24, 2.45) is 0 Å². The predicted molar refractivity (Wildman–Crippen MR) is 92.4 cm³/mol. The maximum absolute atomic E-state index is 14.0. The molecule has 128 valence electrons. The van der Waals surface area contributed by atoms with Crippen LogP contribution in [0, 0.1) is 12.7 Å². The first-order valence-corrected chi connectivity index (χ1v) is 10.4. The van der Waals surface area contributed by atoms with Gasteiger partial charge in [-0.2, -0.15) is 0 Å². The fourth-order valence-electron chi connectivity index (χ4n) is 2.90. The molecule has 1 aliphatic rings. The van der Waals surface area contributed by atoms with Crippen LogP contribution in [0.2, 0.25) is 0 Å². The molecule has 4 nitrogen and oxygen atoms in total. The number of thiophene rings is 1. The van der Waals surface area contributed by atoms with Crippen molar-refractivity contribution in [3.63, 3.8) is 0 Å². The second-order valence-electron chi connectivity index (χ2n) is 6.00. The van der Waals surface area contributed by atoms with E-state index in [1.165, 1.54) is 34.4 Å². The van der Waals surface area contributed by atoms with Gasteiger partial charge >= 0.3 is 0 Å². The van der Waals surface area contributed by atoms with Gasteiger partial charge in [0.05, 0.1) is 23.6 Å². The molecule has 2 aromatic rings. The van der Waals surface area contributed by atoms with E-state index in [4.69, 9.17) is 0 Å². The zero-order valence-corrected chi connectivity index (χ0v) is 14.9. The number of halogens is 1. The van der Waals surface area contributed by atoms with E-state index >= 15 is 0 Å². The highest BCUT2D eigenvalue weighted by Gasteiger charge is 2.36. The van der Waals surface area contributed by atoms with E-state index in [0.717, 1.165) is 10.4 Å². The summed E-state index contributed by atoms with van der Waals surface area (Å²) in [4.78, 5) is 15.4. The second kappa shape index (κ2) is 6.64. The minimum absolute atomic E-state index is 0.0176. The van der Waals surface area contributed by atoms with Crippen LogP contribution in [0.1, 0.15) is 27.2 Å². The third-order valence-electron chi connectivity index (χ3n) is 4.30. The van der Waals surface area contributed by atoms with Crippen molar-refractivity contribution in [3.8, 4) is 0 Å². The lowest BCUT2D eigenvalue weighted by Crippen LogP contribution is -2.41. The van der Waals surface area contributed by atoms with Gasteiger partial charge in [-0.1, -0.05) is 12.1 Å². The molecular formula is C17H18FNO3S2. The maximum Gasteiger partial charge on any atom is 0.257 e. The topological polar surface area (TPSA) is 54.5 Å². The van der Waals surface area contributed by atoms with E-state index in [1.807, 2.05) is 18.4 Å². The molecule has 1 aromatic carbocycles. The van der Waals surface area contributed by atoms with Crippen molar-refractivity contribution in [1.82, 2.24) is 4.90 Å². The first kappa shape index (κ1) is 17.1. The molecule has 24 heavy (non-hydrogen) atoms. The first-order valence-electron chi connectivity index (χ1n) is 7.66. The van der Waals surface area contributed by atoms with Gasteiger partial charge in [0.25, 0.3) is 5.91 Å². The van der Waals surface area contributed by atoms with E-state index < -0.39 is 27.6 Å². The normalized spacial score (nSPS) is 19.3. The summed E-state index contributed by atoms with van der Waals surface area (Å²) in [6.07, 6.45) is 0.396. The zero-order valence-electron chi connectivity index (χ0n) is 13.2. The smallest absolute Gasteiger partial charge is 0.257 e. The number of benzene rings is 1. The summed E-state index contributed by atoms with van der Waals surface area (Å²) in [6.45, 7) is 2.25. The Hall–Kier alpha value is -1.73. The summed E-state index contributed by atoms with van der Waals surface area (Å²) in [5.41, 5.74) is 1.03. The number of hydrogen-bond acceptors (Lipinski definition) is 4. The van der Waals surface area contributed by atoms with Gasteiger partial charge in [0.2, 0.25) is 0 Å². The van der Waals surface area contributed by atoms with Crippen LogP contribution >= 0.6 is 11.3 Å². The van der Waals surface area contributed by atoms with Crippen LogP contribution in [-0.2, 0) is 16.4 Å². The second-order valence-corrected chi connectivity index (χ2v) is 9.23. The van der Waals surface area contributed by atoms with Crippen LogP contribution in [0.4, 0.5) is 4.39 Å². The highest BCUT2D eigenvalue weighted by molar-refractivity contribution is 7.91. The number of nitrogens with zero attached hydrogens (tertiary/aromatic N) is 1. The van der Waals surface area contributed by atoms with Gasteiger partial charge in [0, 0.05) is 10.9 Å². The Morgan fingerprint density at radius 1 is 1.33 bits per heavy atom.